The van der Waals surface area contributed by atoms with E-state index in [-0.39, 0.29) is 6.54 Å². The molecule has 1 aliphatic heterocycles. The van der Waals surface area contributed by atoms with Crippen LogP contribution in [0.1, 0.15) is 37.0 Å². The second kappa shape index (κ2) is 7.87. The molecule has 1 atom stereocenters. The average Bonchev–Trinajstić information content (AvgIpc) is 2.61. The van der Waals surface area contributed by atoms with Crippen molar-refractivity contribution in [2.75, 3.05) is 19.7 Å². The third-order valence-electron chi connectivity index (χ3n) is 4.47. The topological polar surface area (TPSA) is 46.6 Å². The van der Waals surface area contributed by atoms with E-state index in [1.807, 2.05) is 12.1 Å². The minimum absolute atomic E-state index is 0.227. The molecule has 26 heavy (non-hydrogen) atoms. The predicted octanol–water partition coefficient (Wildman–Crippen LogP) is 4.88. The van der Waals surface area contributed by atoms with Gasteiger partial charge in [-0.25, -0.2) is 8.42 Å². The minimum atomic E-state index is -3.58. The monoisotopic (exact) mass is 413 g/mol. The molecule has 2 aromatic carbocycles. The Morgan fingerprint density at radius 2 is 1.69 bits per heavy atom. The fraction of sp³-hybridized carbons (Fsp3) is 0.368. The van der Waals surface area contributed by atoms with Crippen molar-refractivity contribution in [1.29, 1.82) is 0 Å². The van der Waals surface area contributed by atoms with E-state index in [9.17, 15) is 8.42 Å². The molecule has 140 valence electrons. The normalized spacial score (nSPS) is 19.0. The van der Waals surface area contributed by atoms with E-state index in [1.165, 1.54) is 4.31 Å². The molecule has 4 nitrogen and oxygen atoms in total. The summed E-state index contributed by atoms with van der Waals surface area (Å²) in [6.07, 6.45) is -0.398. The quantitative estimate of drug-likeness (QED) is 0.717. The van der Waals surface area contributed by atoms with Gasteiger partial charge in [0.05, 0.1) is 17.6 Å². The number of ether oxygens (including phenoxy) is 1. The first kappa shape index (κ1) is 19.6. The fourth-order valence-electron chi connectivity index (χ4n) is 2.98. The fourth-order valence-corrected chi connectivity index (χ4v) is 4.95. The lowest BCUT2D eigenvalue weighted by molar-refractivity contribution is -0.00254. The number of halogens is 2. The maximum atomic E-state index is 13.0. The van der Waals surface area contributed by atoms with Gasteiger partial charge in [0.25, 0.3) is 0 Å². The summed E-state index contributed by atoms with van der Waals surface area (Å²) in [4.78, 5) is 0.298. The summed E-state index contributed by atoms with van der Waals surface area (Å²) in [6, 6.07) is 12.2. The summed E-state index contributed by atoms with van der Waals surface area (Å²) in [5.41, 5.74) is 1.88. The molecular weight excluding hydrogens is 393 g/mol. The van der Waals surface area contributed by atoms with Gasteiger partial charge in [0.1, 0.15) is 0 Å². The van der Waals surface area contributed by atoms with E-state index in [0.29, 0.717) is 34.0 Å². The predicted molar refractivity (Wildman–Crippen MR) is 104 cm³/mol. The van der Waals surface area contributed by atoms with Gasteiger partial charge < -0.3 is 4.74 Å². The van der Waals surface area contributed by atoms with Crippen molar-refractivity contribution in [3.63, 3.8) is 0 Å². The van der Waals surface area contributed by atoms with Crippen LogP contribution < -0.4 is 0 Å². The van der Waals surface area contributed by atoms with Gasteiger partial charge in [-0.15, -0.1) is 0 Å². The van der Waals surface area contributed by atoms with Crippen molar-refractivity contribution in [3.8, 4) is 0 Å². The summed E-state index contributed by atoms with van der Waals surface area (Å²) < 4.78 is 33.2. The van der Waals surface area contributed by atoms with Gasteiger partial charge >= 0.3 is 0 Å². The highest BCUT2D eigenvalue weighted by Gasteiger charge is 2.31. The van der Waals surface area contributed by atoms with Crippen molar-refractivity contribution in [3.05, 3.63) is 63.6 Å². The highest BCUT2D eigenvalue weighted by Crippen LogP contribution is 2.30. The van der Waals surface area contributed by atoms with Crippen molar-refractivity contribution < 1.29 is 13.2 Å². The summed E-state index contributed by atoms with van der Waals surface area (Å²) in [6.45, 7) is 5.01. The van der Waals surface area contributed by atoms with Crippen LogP contribution in [0.2, 0.25) is 10.0 Å². The largest absolute Gasteiger partial charge is 0.371 e. The molecule has 0 amide bonds. The molecule has 0 bridgehead atoms. The molecule has 1 heterocycles. The highest BCUT2D eigenvalue weighted by molar-refractivity contribution is 7.89. The minimum Gasteiger partial charge on any atom is -0.371 e. The van der Waals surface area contributed by atoms with Gasteiger partial charge in [-0.05, 0) is 47.4 Å². The first-order valence-corrected chi connectivity index (χ1v) is 10.6. The van der Waals surface area contributed by atoms with E-state index < -0.39 is 16.1 Å². The second-order valence-corrected chi connectivity index (χ2v) is 9.46. The van der Waals surface area contributed by atoms with Gasteiger partial charge in [-0.1, -0.05) is 49.2 Å². The van der Waals surface area contributed by atoms with Crippen LogP contribution in [0.3, 0.4) is 0 Å². The molecule has 2 aromatic rings. The van der Waals surface area contributed by atoms with Crippen molar-refractivity contribution in [2.24, 2.45) is 0 Å². The highest BCUT2D eigenvalue weighted by atomic mass is 35.5. The second-order valence-electron chi connectivity index (χ2n) is 6.65. The molecule has 0 radical (unpaired) electrons. The number of morpholine rings is 1. The van der Waals surface area contributed by atoms with Crippen LogP contribution in [0, 0.1) is 0 Å². The maximum Gasteiger partial charge on any atom is 0.243 e. The molecule has 0 saturated carbocycles. The molecule has 1 fully saturated rings. The Morgan fingerprint density at radius 3 is 2.27 bits per heavy atom. The molecule has 0 spiro atoms. The van der Waals surface area contributed by atoms with Crippen molar-refractivity contribution in [2.45, 2.75) is 30.8 Å². The average molecular weight is 414 g/mol. The number of hydrogen-bond donors (Lipinski definition) is 0. The Balaban J connectivity index is 1.83. The Kier molecular flexibility index (Phi) is 5.94. The van der Waals surface area contributed by atoms with Crippen LogP contribution in [0.15, 0.2) is 47.4 Å². The summed E-state index contributed by atoms with van der Waals surface area (Å²) >= 11 is 12.1. The van der Waals surface area contributed by atoms with Crippen LogP contribution >= 0.6 is 23.2 Å². The van der Waals surface area contributed by atoms with E-state index in [1.54, 1.807) is 30.3 Å². The molecular formula is C19H21Cl2NO3S. The first-order valence-electron chi connectivity index (χ1n) is 8.45. The van der Waals surface area contributed by atoms with Gasteiger partial charge in [-0.2, -0.15) is 4.31 Å². The number of benzene rings is 2. The molecule has 1 unspecified atom stereocenters. The third-order valence-corrected chi connectivity index (χ3v) is 6.79. The lowest BCUT2D eigenvalue weighted by Gasteiger charge is -2.32. The van der Waals surface area contributed by atoms with E-state index in [4.69, 9.17) is 27.9 Å². The third kappa shape index (κ3) is 4.24. The van der Waals surface area contributed by atoms with Gasteiger partial charge in [-0.3, -0.25) is 0 Å². The van der Waals surface area contributed by atoms with Crippen LogP contribution in [0.5, 0.6) is 0 Å². The Morgan fingerprint density at radius 1 is 1.08 bits per heavy atom. The number of nitrogens with zero attached hydrogens (tertiary/aromatic N) is 1. The number of rotatable bonds is 4. The molecule has 0 aromatic heterocycles. The van der Waals surface area contributed by atoms with E-state index >= 15 is 0 Å². The van der Waals surface area contributed by atoms with Gasteiger partial charge in [0, 0.05) is 23.1 Å². The lowest BCUT2D eigenvalue weighted by atomic mass is 10.0. The zero-order valence-electron chi connectivity index (χ0n) is 14.7. The van der Waals surface area contributed by atoms with Gasteiger partial charge in [0.15, 0.2) is 0 Å². The van der Waals surface area contributed by atoms with E-state index in [0.717, 1.165) is 11.1 Å². The van der Waals surface area contributed by atoms with Crippen LogP contribution in [0.4, 0.5) is 0 Å². The molecule has 3 rings (SSSR count). The molecule has 1 aliphatic rings. The van der Waals surface area contributed by atoms with Crippen molar-refractivity contribution in [1.82, 2.24) is 4.31 Å². The standard InChI is InChI=1S/C19H21Cl2NO3S/c1-13(2)14-3-5-18(6-4-14)26(23,24)22-7-8-25-19(12-22)15-9-16(20)11-17(21)10-15/h3-6,9-11,13,19H,7-8,12H2,1-2H3. The smallest absolute Gasteiger partial charge is 0.243 e. The van der Waals surface area contributed by atoms with Crippen LogP contribution in [-0.2, 0) is 14.8 Å². The molecule has 7 heteroatoms. The first-order chi connectivity index (χ1) is 12.3. The van der Waals surface area contributed by atoms with Crippen molar-refractivity contribution >= 4 is 33.2 Å². The van der Waals surface area contributed by atoms with Gasteiger partial charge in [0.2, 0.25) is 10.0 Å². The summed E-state index contributed by atoms with van der Waals surface area (Å²) in [5.74, 6) is 0.354. The SMILES string of the molecule is CC(C)c1ccc(S(=O)(=O)N2CCOC(c3cc(Cl)cc(Cl)c3)C2)cc1. The van der Waals surface area contributed by atoms with Crippen LogP contribution in [-0.4, -0.2) is 32.4 Å². The maximum absolute atomic E-state index is 13.0. The molecule has 0 aliphatic carbocycles. The lowest BCUT2D eigenvalue weighted by Crippen LogP contribution is -2.42. The Labute approximate surface area is 164 Å². The van der Waals surface area contributed by atoms with E-state index in [2.05, 4.69) is 13.8 Å². The zero-order chi connectivity index (χ0) is 18.9. The number of hydrogen-bond acceptors (Lipinski definition) is 3. The summed E-state index contributed by atoms with van der Waals surface area (Å²) in [7, 11) is -3.58. The van der Waals surface area contributed by atoms with Crippen LogP contribution in [0.25, 0.3) is 0 Å². The molecule has 0 N–H and O–H groups in total. The Hall–Kier alpha value is -1.11. The number of sulfonamides is 1. The Bertz CT molecular complexity index is 862. The zero-order valence-corrected chi connectivity index (χ0v) is 17.0. The summed E-state index contributed by atoms with van der Waals surface area (Å²) in [5, 5.41) is 1.00. The molecule has 1 saturated heterocycles.